The van der Waals surface area contributed by atoms with Crippen LogP contribution in [0.5, 0.6) is 0 Å². The number of hydrogen-bond acceptors (Lipinski definition) is 5. The molecule has 0 radical (unpaired) electrons. The molecule has 1 aliphatic rings. The lowest BCUT2D eigenvalue weighted by atomic mass is 10.1. The molecule has 0 spiro atoms. The molecule has 0 aromatic carbocycles. The third-order valence-corrected chi connectivity index (χ3v) is 2.47. The molecule has 0 aliphatic carbocycles. The van der Waals surface area contributed by atoms with Crippen molar-refractivity contribution in [3.8, 4) is 0 Å². The molecule has 0 bridgehead atoms. The number of nitrogens with two attached hydrogens (primary N) is 1. The Morgan fingerprint density at radius 1 is 1.67 bits per heavy atom. The van der Waals surface area contributed by atoms with Gasteiger partial charge in [0.2, 0.25) is 11.8 Å². The lowest BCUT2D eigenvalue weighted by molar-refractivity contribution is -0.135. The molecule has 0 saturated carbocycles. The molecule has 1 saturated heterocycles. The highest BCUT2D eigenvalue weighted by Crippen LogP contribution is 2.12. The van der Waals surface area contributed by atoms with Gasteiger partial charge in [-0.25, -0.2) is 0 Å². The molecule has 2 rings (SSSR count). The zero-order chi connectivity index (χ0) is 10.8. The fourth-order valence-corrected chi connectivity index (χ4v) is 1.69. The van der Waals surface area contributed by atoms with Crippen LogP contribution in [0.25, 0.3) is 0 Å². The van der Waals surface area contributed by atoms with Crippen LogP contribution in [0.15, 0.2) is 4.52 Å². The second-order valence-electron chi connectivity index (χ2n) is 3.74. The number of rotatable bonds is 2. The predicted molar refractivity (Wildman–Crippen MR) is 51.7 cm³/mol. The number of carbonyl (C=O) groups is 1. The van der Waals surface area contributed by atoms with E-state index in [4.69, 9.17) is 10.3 Å². The highest BCUT2D eigenvalue weighted by atomic mass is 16.5. The Hall–Kier alpha value is -1.43. The van der Waals surface area contributed by atoms with Gasteiger partial charge in [-0.05, 0) is 19.8 Å². The van der Waals surface area contributed by atoms with Crippen LogP contribution in [0, 0.1) is 6.92 Å². The topological polar surface area (TPSA) is 85.3 Å². The number of hydrogen-bond donors (Lipinski definition) is 1. The number of aryl methyl sites for hydroxylation is 1. The molecule has 6 nitrogen and oxygen atoms in total. The Morgan fingerprint density at radius 3 is 3.13 bits per heavy atom. The largest absolute Gasteiger partial charge is 0.337 e. The van der Waals surface area contributed by atoms with Gasteiger partial charge in [0.25, 0.3) is 0 Å². The van der Waals surface area contributed by atoms with Gasteiger partial charge >= 0.3 is 0 Å². The molecule has 2 N–H and O–H groups in total. The fourth-order valence-electron chi connectivity index (χ4n) is 1.69. The van der Waals surface area contributed by atoms with Crippen molar-refractivity contribution >= 4 is 5.91 Å². The highest BCUT2D eigenvalue weighted by molar-refractivity contribution is 5.82. The van der Waals surface area contributed by atoms with Crippen LogP contribution in [0.4, 0.5) is 0 Å². The quantitative estimate of drug-likeness (QED) is 0.732. The van der Waals surface area contributed by atoms with Crippen molar-refractivity contribution in [2.45, 2.75) is 32.4 Å². The van der Waals surface area contributed by atoms with E-state index in [1.807, 2.05) is 0 Å². The lowest BCUT2D eigenvalue weighted by Crippen LogP contribution is -2.47. The van der Waals surface area contributed by atoms with Crippen molar-refractivity contribution in [2.75, 3.05) is 6.54 Å². The average Bonchev–Trinajstić information content (AvgIpc) is 2.59. The first kappa shape index (κ1) is 10.1. The van der Waals surface area contributed by atoms with Crippen molar-refractivity contribution < 1.29 is 9.32 Å². The van der Waals surface area contributed by atoms with E-state index in [1.165, 1.54) is 0 Å². The summed E-state index contributed by atoms with van der Waals surface area (Å²) in [7, 11) is 0. The van der Waals surface area contributed by atoms with Crippen LogP contribution in [0.3, 0.4) is 0 Å². The summed E-state index contributed by atoms with van der Waals surface area (Å²) in [5.41, 5.74) is 5.67. The minimum Gasteiger partial charge on any atom is -0.337 e. The van der Waals surface area contributed by atoms with E-state index >= 15 is 0 Å². The summed E-state index contributed by atoms with van der Waals surface area (Å²) < 4.78 is 4.95. The Bertz CT molecular complexity index is 363. The molecule has 1 atom stereocenters. The summed E-state index contributed by atoms with van der Waals surface area (Å²) in [4.78, 5) is 17.4. The van der Waals surface area contributed by atoms with Gasteiger partial charge in [0.15, 0.2) is 5.82 Å². The maximum absolute atomic E-state index is 11.6. The van der Waals surface area contributed by atoms with E-state index in [9.17, 15) is 4.79 Å². The summed E-state index contributed by atoms with van der Waals surface area (Å²) in [6.07, 6.45) is 1.69. The molecule has 1 aliphatic heterocycles. The van der Waals surface area contributed by atoms with Crippen LogP contribution >= 0.6 is 0 Å². The van der Waals surface area contributed by atoms with E-state index < -0.39 is 0 Å². The molecule has 82 valence electrons. The minimum absolute atomic E-state index is 0.0305. The van der Waals surface area contributed by atoms with Crippen molar-refractivity contribution in [1.29, 1.82) is 0 Å². The van der Waals surface area contributed by atoms with Crippen LogP contribution in [0.2, 0.25) is 0 Å². The second-order valence-corrected chi connectivity index (χ2v) is 3.74. The van der Waals surface area contributed by atoms with Crippen molar-refractivity contribution in [3.05, 3.63) is 11.7 Å². The number of likely N-dealkylation sites (tertiary alicyclic amines) is 1. The van der Waals surface area contributed by atoms with Crippen molar-refractivity contribution in [3.63, 3.8) is 0 Å². The van der Waals surface area contributed by atoms with Crippen molar-refractivity contribution in [1.82, 2.24) is 15.0 Å². The Labute approximate surface area is 87.4 Å². The molecule has 1 aromatic heterocycles. The third kappa shape index (κ3) is 2.15. The van der Waals surface area contributed by atoms with Crippen LogP contribution in [-0.4, -0.2) is 33.5 Å². The first-order chi connectivity index (χ1) is 7.16. The Kier molecular flexibility index (Phi) is 2.68. The van der Waals surface area contributed by atoms with E-state index in [1.54, 1.807) is 11.8 Å². The van der Waals surface area contributed by atoms with Crippen LogP contribution in [-0.2, 0) is 11.3 Å². The van der Waals surface area contributed by atoms with Gasteiger partial charge in [-0.1, -0.05) is 5.16 Å². The Balaban J connectivity index is 2.02. The SMILES string of the molecule is Cc1noc(CN2CCCC(N)C2=O)n1. The number of carbonyl (C=O) groups excluding carboxylic acids is 1. The normalized spacial score (nSPS) is 22.1. The van der Waals surface area contributed by atoms with Gasteiger partial charge in [-0.2, -0.15) is 4.98 Å². The van der Waals surface area contributed by atoms with E-state index in [2.05, 4.69) is 10.1 Å². The number of nitrogens with zero attached hydrogens (tertiary/aromatic N) is 3. The molecular formula is C9H14N4O2. The van der Waals surface area contributed by atoms with Gasteiger partial charge in [0.1, 0.15) is 6.54 Å². The molecule has 1 aromatic rings. The molecule has 1 amide bonds. The van der Waals surface area contributed by atoms with Crippen LogP contribution in [0.1, 0.15) is 24.6 Å². The number of amides is 1. The molecular weight excluding hydrogens is 196 g/mol. The van der Waals surface area contributed by atoms with E-state index in [0.717, 1.165) is 12.8 Å². The maximum Gasteiger partial charge on any atom is 0.246 e. The zero-order valence-corrected chi connectivity index (χ0v) is 8.64. The standard InChI is InChI=1S/C9H14N4O2/c1-6-11-8(15-12-6)5-13-4-2-3-7(10)9(13)14/h7H,2-5,10H2,1H3. The van der Waals surface area contributed by atoms with E-state index in [-0.39, 0.29) is 11.9 Å². The smallest absolute Gasteiger partial charge is 0.246 e. The highest BCUT2D eigenvalue weighted by Gasteiger charge is 2.26. The van der Waals surface area contributed by atoms with Crippen LogP contribution < -0.4 is 5.73 Å². The summed E-state index contributed by atoms with van der Waals surface area (Å²) >= 11 is 0. The molecule has 15 heavy (non-hydrogen) atoms. The average molecular weight is 210 g/mol. The molecule has 2 heterocycles. The predicted octanol–water partition coefficient (Wildman–Crippen LogP) is -0.172. The maximum atomic E-state index is 11.6. The summed E-state index contributed by atoms with van der Waals surface area (Å²) in [6, 6.07) is -0.372. The van der Waals surface area contributed by atoms with Gasteiger partial charge in [0, 0.05) is 6.54 Å². The van der Waals surface area contributed by atoms with Gasteiger partial charge in [-0.15, -0.1) is 0 Å². The summed E-state index contributed by atoms with van der Waals surface area (Å²) in [5, 5.41) is 3.67. The second kappa shape index (κ2) is 3.98. The summed E-state index contributed by atoms with van der Waals surface area (Å²) in [6.45, 7) is 2.83. The number of piperidine rings is 1. The monoisotopic (exact) mass is 210 g/mol. The van der Waals surface area contributed by atoms with Gasteiger partial charge in [-0.3, -0.25) is 4.79 Å². The minimum atomic E-state index is -0.372. The number of aromatic nitrogens is 2. The first-order valence-corrected chi connectivity index (χ1v) is 5.00. The van der Waals surface area contributed by atoms with Gasteiger partial charge in [0.05, 0.1) is 6.04 Å². The van der Waals surface area contributed by atoms with E-state index in [0.29, 0.717) is 24.8 Å². The molecule has 1 unspecified atom stereocenters. The molecule has 1 fully saturated rings. The first-order valence-electron chi connectivity index (χ1n) is 5.00. The lowest BCUT2D eigenvalue weighted by Gasteiger charge is -2.29. The fraction of sp³-hybridized carbons (Fsp3) is 0.667. The van der Waals surface area contributed by atoms with Gasteiger partial charge < -0.3 is 15.2 Å². The van der Waals surface area contributed by atoms with Crippen molar-refractivity contribution in [2.24, 2.45) is 5.73 Å². The zero-order valence-electron chi connectivity index (χ0n) is 8.64. The third-order valence-electron chi connectivity index (χ3n) is 2.47. The Morgan fingerprint density at radius 2 is 2.47 bits per heavy atom. The summed E-state index contributed by atoms with van der Waals surface area (Å²) in [5.74, 6) is 1.02. The molecule has 6 heteroatoms.